The van der Waals surface area contributed by atoms with Crippen molar-refractivity contribution in [2.45, 2.75) is 26.2 Å². The molecule has 2 aliphatic heterocycles. The lowest BCUT2D eigenvalue weighted by Crippen LogP contribution is -2.45. The molecule has 0 radical (unpaired) electrons. The Labute approximate surface area is 139 Å². The Morgan fingerprint density at radius 2 is 2.09 bits per heavy atom. The van der Waals surface area contributed by atoms with E-state index in [1.165, 1.54) is 10.5 Å². The molecule has 4 rings (SSSR count). The van der Waals surface area contributed by atoms with Crippen molar-refractivity contribution in [3.63, 3.8) is 0 Å². The van der Waals surface area contributed by atoms with Gasteiger partial charge in [0.1, 0.15) is 5.92 Å². The lowest BCUT2D eigenvalue weighted by Gasteiger charge is -2.30. The van der Waals surface area contributed by atoms with Crippen LogP contribution >= 0.6 is 24.0 Å². The molecule has 0 N–H and O–H groups in total. The molecule has 0 aromatic heterocycles. The molecule has 2 unspecified atom stereocenters. The van der Waals surface area contributed by atoms with E-state index in [0.717, 1.165) is 30.0 Å². The number of anilines is 1. The average molecular weight is 328 g/mol. The summed E-state index contributed by atoms with van der Waals surface area (Å²) >= 11 is 7.07. The summed E-state index contributed by atoms with van der Waals surface area (Å²) in [4.78, 5) is 20.6. The maximum absolute atomic E-state index is 13.1. The summed E-state index contributed by atoms with van der Waals surface area (Å²) in [7, 11) is 0. The van der Waals surface area contributed by atoms with Gasteiger partial charge in [0.2, 0.25) is 11.0 Å². The molecule has 2 heterocycles. The molecule has 1 aromatic rings. The van der Waals surface area contributed by atoms with Gasteiger partial charge in [-0.2, -0.15) is 0 Å². The molecule has 1 amide bonds. The van der Waals surface area contributed by atoms with Gasteiger partial charge in [0, 0.05) is 0 Å². The first kappa shape index (κ1) is 14.2. The first-order valence-electron chi connectivity index (χ1n) is 7.56. The van der Waals surface area contributed by atoms with Gasteiger partial charge in [0.25, 0.3) is 0 Å². The van der Waals surface area contributed by atoms with Crippen LogP contribution in [0.2, 0.25) is 0 Å². The van der Waals surface area contributed by atoms with Crippen molar-refractivity contribution >= 4 is 45.7 Å². The van der Waals surface area contributed by atoms with E-state index in [9.17, 15) is 4.79 Å². The number of thioether (sulfide) groups is 1. The topological polar surface area (TPSA) is 32.7 Å². The molecule has 0 fully saturated rings. The molecule has 112 valence electrons. The summed E-state index contributed by atoms with van der Waals surface area (Å²) in [5.74, 6) is 0.562. The Hall–Kier alpha value is -1.46. The van der Waals surface area contributed by atoms with Gasteiger partial charge in [0.05, 0.1) is 10.7 Å². The number of allylic oxidation sites excluding steroid dienone is 1. The summed E-state index contributed by atoms with van der Waals surface area (Å²) < 4.78 is 0. The van der Waals surface area contributed by atoms with Gasteiger partial charge >= 0.3 is 0 Å². The number of benzene rings is 1. The Morgan fingerprint density at radius 1 is 1.32 bits per heavy atom. The lowest BCUT2D eigenvalue weighted by molar-refractivity contribution is -0.118. The third-order valence-electron chi connectivity index (χ3n) is 4.50. The van der Waals surface area contributed by atoms with E-state index < -0.39 is 0 Å². The summed E-state index contributed by atoms with van der Waals surface area (Å²) in [6.45, 7) is 2.27. The summed E-state index contributed by atoms with van der Waals surface area (Å²) in [6, 6.07) is 9.59. The van der Waals surface area contributed by atoms with E-state index >= 15 is 0 Å². The van der Waals surface area contributed by atoms with Crippen molar-refractivity contribution in [2.24, 2.45) is 16.8 Å². The molecular weight excluding hydrogens is 312 g/mol. The molecule has 5 heteroatoms. The third-order valence-corrected chi connectivity index (χ3v) is 5.99. The quantitative estimate of drug-likeness (QED) is 0.726. The highest BCUT2D eigenvalue weighted by atomic mass is 32.2. The fourth-order valence-electron chi connectivity index (χ4n) is 3.36. The zero-order chi connectivity index (χ0) is 15.3. The number of hydrogen-bond acceptors (Lipinski definition) is 3. The highest BCUT2D eigenvalue weighted by molar-refractivity contribution is 8.17. The van der Waals surface area contributed by atoms with Gasteiger partial charge < -0.3 is 0 Å². The van der Waals surface area contributed by atoms with Gasteiger partial charge in [-0.3, -0.25) is 9.69 Å². The second kappa shape index (κ2) is 5.32. The first-order chi connectivity index (χ1) is 10.6. The van der Waals surface area contributed by atoms with Crippen molar-refractivity contribution in [1.82, 2.24) is 0 Å². The standard InChI is InChI=1S/C17H16N2OS2/c1-10-7-8-12-13(9-10)22-15-14(12)16(20)19(17(21)18-15)11-5-3-2-4-6-11/h2-6,10,14H,7-9H2,1H3. The minimum absolute atomic E-state index is 0.0632. The van der Waals surface area contributed by atoms with Crippen molar-refractivity contribution in [1.29, 1.82) is 0 Å². The van der Waals surface area contributed by atoms with Crippen LogP contribution in [0.5, 0.6) is 0 Å². The van der Waals surface area contributed by atoms with Crippen LogP contribution in [0.25, 0.3) is 0 Å². The zero-order valence-electron chi connectivity index (χ0n) is 12.3. The Bertz CT molecular complexity index is 723. The van der Waals surface area contributed by atoms with Crippen molar-refractivity contribution in [3.8, 4) is 0 Å². The number of aliphatic imine (C=N–C) groups is 1. The number of rotatable bonds is 1. The van der Waals surface area contributed by atoms with Crippen LogP contribution in [0, 0.1) is 11.8 Å². The van der Waals surface area contributed by atoms with Crippen molar-refractivity contribution in [2.75, 3.05) is 4.90 Å². The minimum atomic E-state index is -0.195. The average Bonchev–Trinajstić information content (AvgIpc) is 2.85. The largest absolute Gasteiger partial charge is 0.273 e. The smallest absolute Gasteiger partial charge is 0.247 e. The van der Waals surface area contributed by atoms with Crippen LogP contribution in [0.3, 0.4) is 0 Å². The molecule has 22 heavy (non-hydrogen) atoms. The maximum Gasteiger partial charge on any atom is 0.247 e. The number of carbonyl (C=O) groups excluding carboxylic acids is 1. The highest BCUT2D eigenvalue weighted by Crippen LogP contribution is 2.49. The van der Waals surface area contributed by atoms with Gasteiger partial charge in [0.15, 0.2) is 0 Å². The molecule has 0 spiro atoms. The number of para-hydroxylation sites is 1. The summed E-state index contributed by atoms with van der Waals surface area (Å²) in [6.07, 6.45) is 3.24. The zero-order valence-corrected chi connectivity index (χ0v) is 13.9. The van der Waals surface area contributed by atoms with Crippen LogP contribution in [0.15, 0.2) is 45.8 Å². The van der Waals surface area contributed by atoms with Crippen LogP contribution in [0.4, 0.5) is 5.69 Å². The molecule has 0 saturated carbocycles. The maximum atomic E-state index is 13.1. The van der Waals surface area contributed by atoms with Crippen LogP contribution in [-0.2, 0) is 4.79 Å². The first-order valence-corrected chi connectivity index (χ1v) is 8.79. The van der Waals surface area contributed by atoms with Gasteiger partial charge in [-0.25, -0.2) is 4.99 Å². The van der Waals surface area contributed by atoms with E-state index in [2.05, 4.69) is 11.9 Å². The third kappa shape index (κ3) is 2.15. The molecule has 0 bridgehead atoms. The number of carbonyl (C=O) groups is 1. The van der Waals surface area contributed by atoms with E-state index in [1.807, 2.05) is 30.3 Å². The Kier molecular flexibility index (Phi) is 3.42. The van der Waals surface area contributed by atoms with E-state index in [1.54, 1.807) is 16.7 Å². The van der Waals surface area contributed by atoms with Gasteiger partial charge in [-0.1, -0.05) is 36.9 Å². The number of amides is 1. The highest BCUT2D eigenvalue weighted by Gasteiger charge is 2.45. The predicted octanol–water partition coefficient (Wildman–Crippen LogP) is 4.15. The molecule has 3 nitrogen and oxygen atoms in total. The van der Waals surface area contributed by atoms with Crippen LogP contribution < -0.4 is 4.90 Å². The van der Waals surface area contributed by atoms with Crippen molar-refractivity contribution < 1.29 is 4.79 Å². The van der Waals surface area contributed by atoms with Crippen LogP contribution in [0.1, 0.15) is 26.2 Å². The van der Waals surface area contributed by atoms with Gasteiger partial charge in [-0.05, 0) is 60.0 Å². The molecule has 1 aromatic carbocycles. The second-order valence-corrected chi connectivity index (χ2v) is 7.55. The number of nitrogens with zero attached hydrogens (tertiary/aromatic N) is 2. The predicted molar refractivity (Wildman–Crippen MR) is 95.1 cm³/mol. The minimum Gasteiger partial charge on any atom is -0.273 e. The monoisotopic (exact) mass is 328 g/mol. The Balaban J connectivity index is 1.75. The summed E-state index contributed by atoms with van der Waals surface area (Å²) in [5, 5.41) is 1.25. The number of hydrogen-bond donors (Lipinski definition) is 0. The molecule has 3 aliphatic rings. The number of thiocarbonyl (C=S) groups is 1. The molecular formula is C17H16N2OS2. The molecule has 2 atom stereocenters. The van der Waals surface area contributed by atoms with E-state index in [-0.39, 0.29) is 11.8 Å². The fourth-order valence-corrected chi connectivity index (χ4v) is 5.18. The van der Waals surface area contributed by atoms with Crippen LogP contribution in [-0.4, -0.2) is 16.1 Å². The SMILES string of the molecule is CC1CCC2=C(C1)SC1=NC(=S)N(c3ccccc3)C(=O)C12. The van der Waals surface area contributed by atoms with E-state index in [0.29, 0.717) is 11.0 Å². The second-order valence-electron chi connectivity index (χ2n) is 6.07. The fraction of sp³-hybridized carbons (Fsp3) is 0.353. The van der Waals surface area contributed by atoms with Crippen molar-refractivity contribution in [3.05, 3.63) is 40.8 Å². The normalized spacial score (nSPS) is 27.7. The van der Waals surface area contributed by atoms with Gasteiger partial charge in [-0.15, -0.1) is 0 Å². The van der Waals surface area contributed by atoms with E-state index in [4.69, 9.17) is 12.2 Å². The Morgan fingerprint density at radius 3 is 2.86 bits per heavy atom. The molecule has 1 aliphatic carbocycles. The summed E-state index contributed by atoms with van der Waals surface area (Å²) in [5.41, 5.74) is 2.10. The number of fused-ring (bicyclic) bond motifs is 2. The lowest BCUT2D eigenvalue weighted by atomic mass is 9.84. The molecule has 0 saturated heterocycles.